The number of imidazole rings is 1. The number of likely N-dealkylation sites (tertiary alicyclic amines) is 1. The Bertz CT molecular complexity index is 2500. The fraction of sp³-hybridized carbons (Fsp3) is 0.500. The number of hydrogen-bond acceptors (Lipinski definition) is 13. The minimum absolute atomic E-state index is 0.0566. The predicted molar refractivity (Wildman–Crippen MR) is 248 cm³/mol. The van der Waals surface area contributed by atoms with Crippen LogP contribution in [-0.4, -0.2) is 125 Å². The van der Waals surface area contributed by atoms with E-state index in [1.165, 1.54) is 23.6 Å². The number of alkyl halides is 1. The molecular weight excluding hydrogens is 862 g/mol. The van der Waals surface area contributed by atoms with Gasteiger partial charge in [0.25, 0.3) is 5.91 Å². The molecular formula is C48H62FN11O7. The lowest BCUT2D eigenvalue weighted by Crippen LogP contribution is -2.61. The molecule has 358 valence electrons. The van der Waals surface area contributed by atoms with Crippen LogP contribution in [0.1, 0.15) is 88.0 Å². The molecule has 2 saturated heterocycles. The number of β-amino-alcohol motifs (C(OH)–C–C–N with tert-alkyl or cyclic N) is 1. The maximum atomic E-state index is 13.9. The Labute approximate surface area is 388 Å². The number of halogens is 1. The predicted octanol–water partition coefficient (Wildman–Crippen LogP) is 3.12. The molecule has 2 aromatic carbocycles. The van der Waals surface area contributed by atoms with Crippen LogP contribution in [0.25, 0.3) is 22.1 Å². The van der Waals surface area contributed by atoms with Crippen molar-refractivity contribution in [1.29, 1.82) is 0 Å². The Hall–Kier alpha value is -6.15. The maximum absolute atomic E-state index is 13.9. The smallest absolute Gasteiger partial charge is 0.270 e. The van der Waals surface area contributed by atoms with E-state index in [1.54, 1.807) is 18.2 Å². The minimum Gasteiger partial charge on any atom is -0.394 e. The van der Waals surface area contributed by atoms with E-state index in [1.807, 2.05) is 69.3 Å². The molecule has 8 rings (SSSR count). The largest absolute Gasteiger partial charge is 0.394 e. The van der Waals surface area contributed by atoms with Crippen molar-refractivity contribution in [1.82, 2.24) is 45.4 Å². The summed E-state index contributed by atoms with van der Waals surface area (Å²) in [5.41, 5.74) is 13.2. The van der Waals surface area contributed by atoms with Gasteiger partial charge in [-0.1, -0.05) is 73.9 Å². The number of carbonyl (C=O) groups is 4. The van der Waals surface area contributed by atoms with Gasteiger partial charge >= 0.3 is 0 Å². The number of anilines is 1. The highest BCUT2D eigenvalue weighted by atomic mass is 19.1. The molecule has 0 unspecified atom stereocenters. The van der Waals surface area contributed by atoms with Crippen LogP contribution in [0.2, 0.25) is 0 Å². The van der Waals surface area contributed by atoms with Crippen molar-refractivity contribution in [2.75, 3.05) is 25.4 Å². The third-order valence-corrected chi connectivity index (χ3v) is 12.7. The van der Waals surface area contributed by atoms with Crippen molar-refractivity contribution in [2.45, 2.75) is 120 Å². The summed E-state index contributed by atoms with van der Waals surface area (Å²) in [5.74, 6) is -0.954. The van der Waals surface area contributed by atoms with Crippen molar-refractivity contribution < 1.29 is 38.5 Å². The van der Waals surface area contributed by atoms with Gasteiger partial charge in [0.15, 0.2) is 17.7 Å². The molecule has 0 radical (unpaired) electrons. The number of aliphatic hydroxyl groups excluding tert-OH is 2. The van der Waals surface area contributed by atoms with Gasteiger partial charge in [0.05, 0.1) is 49.2 Å². The summed E-state index contributed by atoms with van der Waals surface area (Å²) in [6.07, 6.45) is 4.36. The number of ether oxygens (including phenoxy) is 1. The van der Waals surface area contributed by atoms with Crippen LogP contribution in [0.15, 0.2) is 79.4 Å². The van der Waals surface area contributed by atoms with Gasteiger partial charge in [0.2, 0.25) is 17.7 Å². The van der Waals surface area contributed by atoms with Gasteiger partial charge in [0, 0.05) is 30.4 Å². The SMILES string of the molecule is CC(C)(C)NC(=O)[C@@H]1C[C@@H]2CCCC[C@@H]2CN1C[C@@H](O)[C@H](Cc1ccccc1)NC(=O)[C@H](CC(N)=O)NC(=O)c1ccc2ccccc2n1.Nc1ncnc2c1ncn2[C@@H]1O[C@H](CO)C[C@@H]1F. The lowest BCUT2D eigenvalue weighted by atomic mass is 9.72. The van der Waals surface area contributed by atoms with Crippen LogP contribution in [0.5, 0.6) is 0 Å². The van der Waals surface area contributed by atoms with E-state index in [-0.39, 0.29) is 43.4 Å². The number of nitrogens with one attached hydrogen (secondary N) is 3. The van der Waals surface area contributed by atoms with E-state index in [0.717, 1.165) is 36.6 Å². The second-order valence-corrected chi connectivity index (χ2v) is 18.9. The summed E-state index contributed by atoms with van der Waals surface area (Å²) >= 11 is 0. The van der Waals surface area contributed by atoms with Crippen LogP contribution in [0, 0.1) is 11.8 Å². The highest BCUT2D eigenvalue weighted by molar-refractivity contribution is 5.99. The molecule has 5 heterocycles. The zero-order valence-corrected chi connectivity index (χ0v) is 38.1. The number of nitrogens with zero attached hydrogens (tertiary/aromatic N) is 6. The fourth-order valence-corrected chi connectivity index (χ4v) is 9.38. The average Bonchev–Trinajstić information content (AvgIpc) is 3.91. The Balaban J connectivity index is 0.000000306. The van der Waals surface area contributed by atoms with Gasteiger partial charge < -0.3 is 42.4 Å². The zero-order valence-electron chi connectivity index (χ0n) is 38.1. The van der Waals surface area contributed by atoms with Gasteiger partial charge in [-0.3, -0.25) is 28.6 Å². The van der Waals surface area contributed by atoms with Crippen molar-refractivity contribution in [3.05, 3.63) is 90.6 Å². The number of para-hydroxylation sites is 1. The summed E-state index contributed by atoms with van der Waals surface area (Å²) in [7, 11) is 0. The molecule has 1 aliphatic carbocycles. The molecule has 19 heteroatoms. The molecule has 1 saturated carbocycles. The third kappa shape index (κ3) is 12.4. The van der Waals surface area contributed by atoms with Crippen molar-refractivity contribution in [2.24, 2.45) is 17.6 Å². The summed E-state index contributed by atoms with van der Waals surface area (Å²) in [5, 5.41) is 30.4. The zero-order chi connectivity index (χ0) is 47.8. The number of primary amides is 1. The van der Waals surface area contributed by atoms with Crippen LogP contribution in [0.3, 0.4) is 0 Å². The monoisotopic (exact) mass is 923 g/mol. The number of aliphatic hydroxyl groups is 2. The second-order valence-electron chi connectivity index (χ2n) is 18.9. The van der Waals surface area contributed by atoms with Gasteiger partial charge in [-0.25, -0.2) is 24.3 Å². The topological polar surface area (TPSA) is 266 Å². The molecule has 9 N–H and O–H groups in total. The standard InChI is InChI=1S/C38H50N6O5.C10H12FN5O2/c1-38(2,3)43-37(49)32-20-26-14-7-8-15-27(26)22-44(32)23-33(45)30(19-24-11-5-4-6-12-24)41-36(48)31(21-34(39)46)42-35(47)29-18-17-25-13-9-10-16-28(25)40-29;11-6-1-5(2-17)18-10(6)16-4-15-7-8(12)13-3-14-9(7)16/h4-6,9-13,16-18,26-27,30-33,45H,7-8,14-15,19-23H2,1-3H3,(H2,39,46)(H,41,48)(H,42,47)(H,43,49);3-6,10,17H,1-2H2,(H2,12,13,14)/t26-,27+,30-,31-,32-,33+;5-,6-,10+/m00/s1. The quantitative estimate of drug-likeness (QED) is 0.0846. The Morgan fingerprint density at radius 1 is 0.940 bits per heavy atom. The Kier molecular flexibility index (Phi) is 15.8. The summed E-state index contributed by atoms with van der Waals surface area (Å²) in [4.78, 5) is 71.2. The maximum Gasteiger partial charge on any atom is 0.270 e. The molecule has 0 spiro atoms. The van der Waals surface area contributed by atoms with E-state index >= 15 is 0 Å². The number of rotatable bonds is 14. The van der Waals surface area contributed by atoms with E-state index in [4.69, 9.17) is 21.3 Å². The van der Waals surface area contributed by atoms with Gasteiger partial charge in [0.1, 0.15) is 29.8 Å². The van der Waals surface area contributed by atoms with E-state index in [9.17, 15) is 28.7 Å². The molecule has 4 amide bonds. The van der Waals surface area contributed by atoms with Crippen molar-refractivity contribution in [3.8, 4) is 0 Å². The van der Waals surface area contributed by atoms with Crippen LogP contribution < -0.4 is 27.4 Å². The molecule has 3 aromatic heterocycles. The number of amides is 4. The van der Waals surface area contributed by atoms with Gasteiger partial charge in [-0.05, 0) is 69.6 Å². The molecule has 3 aliphatic rings. The number of hydrogen-bond donors (Lipinski definition) is 7. The first-order valence-corrected chi connectivity index (χ1v) is 22.9. The summed E-state index contributed by atoms with van der Waals surface area (Å²) in [6.45, 7) is 6.52. The number of fused-ring (bicyclic) bond motifs is 3. The molecule has 2 aliphatic heterocycles. The molecule has 3 fully saturated rings. The lowest BCUT2D eigenvalue weighted by Gasteiger charge is -2.47. The van der Waals surface area contributed by atoms with E-state index in [0.29, 0.717) is 35.1 Å². The number of piperidine rings is 1. The number of pyridine rings is 1. The molecule has 18 nitrogen and oxygen atoms in total. The second kappa shape index (κ2) is 21.6. The van der Waals surface area contributed by atoms with Gasteiger partial charge in [-0.2, -0.15) is 0 Å². The Morgan fingerprint density at radius 2 is 1.67 bits per heavy atom. The first kappa shape index (κ1) is 48.8. The first-order chi connectivity index (χ1) is 32.1. The number of nitrogen functional groups attached to an aromatic ring is 1. The summed E-state index contributed by atoms with van der Waals surface area (Å²) < 4.78 is 20.7. The third-order valence-electron chi connectivity index (χ3n) is 12.7. The van der Waals surface area contributed by atoms with E-state index in [2.05, 4.69) is 40.8 Å². The van der Waals surface area contributed by atoms with Crippen molar-refractivity contribution in [3.63, 3.8) is 0 Å². The number of nitrogens with two attached hydrogens (primary N) is 2. The highest BCUT2D eigenvalue weighted by Gasteiger charge is 2.42. The normalized spacial score (nSPS) is 23.3. The molecule has 5 aromatic rings. The van der Waals surface area contributed by atoms with E-state index < -0.39 is 72.4 Å². The van der Waals surface area contributed by atoms with Crippen molar-refractivity contribution >= 4 is 51.5 Å². The summed E-state index contributed by atoms with van der Waals surface area (Å²) in [6, 6.07) is 17.6. The number of benzene rings is 2. The van der Waals surface area contributed by atoms with Crippen LogP contribution in [-0.2, 0) is 25.5 Å². The van der Waals surface area contributed by atoms with Crippen LogP contribution in [0.4, 0.5) is 10.2 Å². The highest BCUT2D eigenvalue weighted by Crippen LogP contribution is 2.39. The lowest BCUT2D eigenvalue weighted by molar-refractivity contribution is -0.133. The Morgan fingerprint density at radius 3 is 2.39 bits per heavy atom. The number of aromatic nitrogens is 5. The minimum atomic E-state index is -1.30. The first-order valence-electron chi connectivity index (χ1n) is 22.9. The number of carbonyl (C=O) groups excluding carboxylic acids is 4. The van der Waals surface area contributed by atoms with Crippen LogP contribution >= 0.6 is 0 Å². The fourth-order valence-electron chi connectivity index (χ4n) is 9.38. The average molecular weight is 924 g/mol. The molecule has 0 bridgehead atoms. The molecule has 9 atom stereocenters. The van der Waals surface area contributed by atoms with Gasteiger partial charge in [-0.15, -0.1) is 0 Å². The molecule has 67 heavy (non-hydrogen) atoms.